The number of anilines is 1. The Kier molecular flexibility index (Phi) is 4.43. The van der Waals surface area contributed by atoms with Crippen molar-refractivity contribution in [2.75, 3.05) is 4.72 Å². The highest BCUT2D eigenvalue weighted by molar-refractivity contribution is 7.93. The van der Waals surface area contributed by atoms with Crippen LogP contribution in [0.25, 0.3) is 0 Å². The summed E-state index contributed by atoms with van der Waals surface area (Å²) in [5.74, 6) is -2.66. The Morgan fingerprint density at radius 1 is 1.33 bits per heavy atom. The first-order valence-electron chi connectivity index (χ1n) is 5.22. The molecule has 0 radical (unpaired) electrons. The number of benzene rings is 1. The number of aromatic carboxylic acids is 1. The zero-order chi connectivity index (χ0) is 15.8. The third-order valence-corrected chi connectivity index (χ3v) is 5.51. The quantitative estimate of drug-likeness (QED) is 0.860. The molecule has 0 amide bonds. The van der Waals surface area contributed by atoms with Gasteiger partial charge in [-0.3, -0.25) is 4.72 Å². The molecule has 0 spiro atoms. The van der Waals surface area contributed by atoms with Gasteiger partial charge in [0.1, 0.15) is 20.6 Å². The molecule has 2 N–H and O–H groups in total. The van der Waals surface area contributed by atoms with Crippen LogP contribution in [0.1, 0.15) is 10.4 Å². The predicted octanol–water partition coefficient (Wildman–Crippen LogP) is 3.69. The van der Waals surface area contributed by atoms with Crippen molar-refractivity contribution in [2.45, 2.75) is 4.90 Å². The van der Waals surface area contributed by atoms with Crippen molar-refractivity contribution in [3.63, 3.8) is 0 Å². The summed E-state index contributed by atoms with van der Waals surface area (Å²) in [5, 5.41) is 8.95. The summed E-state index contributed by atoms with van der Waals surface area (Å²) in [6.45, 7) is 0. The molecular formula is C11H6Cl2FNO4S2. The molecule has 0 aliphatic heterocycles. The maximum atomic E-state index is 13.5. The lowest BCUT2D eigenvalue weighted by molar-refractivity contribution is 0.0693. The van der Waals surface area contributed by atoms with Crippen LogP contribution < -0.4 is 4.72 Å². The van der Waals surface area contributed by atoms with Crippen LogP contribution in [0.15, 0.2) is 29.2 Å². The van der Waals surface area contributed by atoms with E-state index in [9.17, 15) is 17.6 Å². The minimum atomic E-state index is -4.18. The van der Waals surface area contributed by atoms with Crippen LogP contribution in [-0.4, -0.2) is 19.5 Å². The van der Waals surface area contributed by atoms with Crippen molar-refractivity contribution in [3.8, 4) is 0 Å². The second kappa shape index (κ2) is 5.80. The number of sulfonamides is 1. The minimum Gasteiger partial charge on any atom is -0.478 e. The molecule has 0 unspecified atom stereocenters. The van der Waals surface area contributed by atoms with Gasteiger partial charge < -0.3 is 5.11 Å². The van der Waals surface area contributed by atoms with E-state index in [4.69, 9.17) is 28.3 Å². The average molecular weight is 370 g/mol. The monoisotopic (exact) mass is 369 g/mol. The molecule has 0 fully saturated rings. The number of carbonyl (C=O) groups is 1. The number of carboxylic acid groups (broad SMARTS) is 1. The molecule has 0 saturated heterocycles. The van der Waals surface area contributed by atoms with E-state index in [0.29, 0.717) is 0 Å². The van der Waals surface area contributed by atoms with Crippen LogP contribution in [0.4, 0.5) is 10.1 Å². The van der Waals surface area contributed by atoms with E-state index < -0.39 is 33.1 Å². The average Bonchev–Trinajstić information content (AvgIpc) is 2.68. The Hall–Kier alpha value is -1.35. The van der Waals surface area contributed by atoms with Crippen LogP contribution >= 0.6 is 34.5 Å². The maximum absolute atomic E-state index is 13.5. The first-order valence-corrected chi connectivity index (χ1v) is 8.27. The summed E-state index contributed by atoms with van der Waals surface area (Å²) in [7, 11) is -4.18. The van der Waals surface area contributed by atoms with Crippen molar-refractivity contribution in [1.82, 2.24) is 0 Å². The second-order valence-electron chi connectivity index (χ2n) is 3.76. The zero-order valence-electron chi connectivity index (χ0n) is 9.93. The molecule has 0 saturated carbocycles. The van der Waals surface area contributed by atoms with Crippen LogP contribution in [0.3, 0.4) is 0 Å². The molecule has 10 heteroatoms. The highest BCUT2D eigenvalue weighted by Gasteiger charge is 2.24. The van der Waals surface area contributed by atoms with Gasteiger partial charge >= 0.3 is 5.97 Å². The lowest BCUT2D eigenvalue weighted by Gasteiger charge is -2.10. The SMILES string of the molecule is O=C(O)c1c(F)cccc1NS(=O)(=O)c1cc(Cl)sc1Cl. The number of hydrogen-bond acceptors (Lipinski definition) is 4. The fourth-order valence-corrected chi connectivity index (χ4v) is 4.76. The molecule has 112 valence electrons. The number of hydrogen-bond donors (Lipinski definition) is 2. The summed E-state index contributed by atoms with van der Waals surface area (Å²) in [4.78, 5) is 10.7. The van der Waals surface area contributed by atoms with Crippen molar-refractivity contribution >= 4 is 56.2 Å². The standard InChI is InChI=1S/C11H6Cl2FNO4S2/c12-8-4-7(10(13)20-8)21(18,19)15-6-3-1-2-5(14)9(6)11(16)17/h1-4,15H,(H,16,17). The maximum Gasteiger partial charge on any atom is 0.340 e. The second-order valence-corrected chi connectivity index (χ2v) is 7.70. The van der Waals surface area contributed by atoms with Crippen LogP contribution in [0.5, 0.6) is 0 Å². The number of thiophene rings is 1. The molecule has 2 aromatic rings. The molecule has 0 aliphatic carbocycles. The van der Waals surface area contributed by atoms with E-state index in [1.54, 1.807) is 0 Å². The van der Waals surface area contributed by atoms with E-state index in [0.717, 1.165) is 29.5 Å². The van der Waals surface area contributed by atoms with E-state index in [2.05, 4.69) is 0 Å². The Morgan fingerprint density at radius 3 is 2.52 bits per heavy atom. The summed E-state index contributed by atoms with van der Waals surface area (Å²) in [5.41, 5.74) is -1.18. The highest BCUT2D eigenvalue weighted by atomic mass is 35.5. The fourth-order valence-electron chi connectivity index (χ4n) is 1.53. The molecule has 0 atom stereocenters. The summed E-state index contributed by atoms with van der Waals surface area (Å²) >= 11 is 12.3. The topological polar surface area (TPSA) is 83.5 Å². The van der Waals surface area contributed by atoms with E-state index in [1.165, 1.54) is 6.07 Å². The van der Waals surface area contributed by atoms with E-state index in [-0.39, 0.29) is 13.6 Å². The van der Waals surface area contributed by atoms with Crippen molar-refractivity contribution in [1.29, 1.82) is 0 Å². The molecule has 2 rings (SSSR count). The van der Waals surface area contributed by atoms with E-state index in [1.807, 2.05) is 4.72 Å². The third kappa shape index (κ3) is 3.29. The van der Waals surface area contributed by atoms with Gasteiger partial charge in [0.2, 0.25) is 0 Å². The molecular weight excluding hydrogens is 364 g/mol. The lowest BCUT2D eigenvalue weighted by Crippen LogP contribution is -2.16. The Balaban J connectivity index is 2.50. The van der Waals surface area contributed by atoms with Gasteiger partial charge in [0.05, 0.1) is 10.0 Å². The first kappa shape index (κ1) is 16.0. The van der Waals surface area contributed by atoms with Gasteiger partial charge in [-0.15, -0.1) is 11.3 Å². The molecule has 21 heavy (non-hydrogen) atoms. The number of carboxylic acids is 1. The molecule has 1 aromatic carbocycles. The van der Waals surface area contributed by atoms with Crippen LogP contribution in [-0.2, 0) is 10.0 Å². The normalized spacial score (nSPS) is 11.4. The van der Waals surface area contributed by atoms with Crippen LogP contribution in [0, 0.1) is 5.82 Å². The van der Waals surface area contributed by atoms with Gasteiger partial charge in [0.25, 0.3) is 10.0 Å². The molecule has 5 nitrogen and oxygen atoms in total. The van der Waals surface area contributed by atoms with Crippen molar-refractivity contribution in [3.05, 3.63) is 44.3 Å². The number of nitrogens with one attached hydrogen (secondary N) is 1. The van der Waals surface area contributed by atoms with Gasteiger partial charge in [0.15, 0.2) is 0 Å². The summed E-state index contributed by atoms with van der Waals surface area (Å²) in [6, 6.07) is 4.35. The Morgan fingerprint density at radius 2 is 2.00 bits per heavy atom. The minimum absolute atomic E-state index is 0.0826. The zero-order valence-corrected chi connectivity index (χ0v) is 13.1. The Labute approximate surface area is 133 Å². The molecule has 0 aliphatic rings. The number of halogens is 3. The predicted molar refractivity (Wildman–Crippen MR) is 78.5 cm³/mol. The molecule has 1 heterocycles. The van der Waals surface area contributed by atoms with Gasteiger partial charge in [-0.25, -0.2) is 17.6 Å². The molecule has 1 aromatic heterocycles. The van der Waals surface area contributed by atoms with Crippen LogP contribution in [0.2, 0.25) is 8.67 Å². The lowest BCUT2D eigenvalue weighted by atomic mass is 10.2. The first-order chi connectivity index (χ1) is 9.72. The largest absolute Gasteiger partial charge is 0.478 e. The van der Waals surface area contributed by atoms with Gasteiger partial charge in [-0.05, 0) is 18.2 Å². The van der Waals surface area contributed by atoms with Gasteiger partial charge in [-0.1, -0.05) is 29.3 Å². The smallest absolute Gasteiger partial charge is 0.340 e. The van der Waals surface area contributed by atoms with Gasteiger partial charge in [0, 0.05) is 0 Å². The fraction of sp³-hybridized carbons (Fsp3) is 0. The van der Waals surface area contributed by atoms with Crippen molar-refractivity contribution in [2.24, 2.45) is 0 Å². The number of rotatable bonds is 4. The van der Waals surface area contributed by atoms with Gasteiger partial charge in [-0.2, -0.15) is 0 Å². The summed E-state index contributed by atoms with van der Waals surface area (Å²) in [6.07, 6.45) is 0. The third-order valence-electron chi connectivity index (χ3n) is 2.39. The summed E-state index contributed by atoms with van der Waals surface area (Å²) < 4.78 is 39.9. The molecule has 0 bridgehead atoms. The van der Waals surface area contributed by atoms with E-state index >= 15 is 0 Å². The Bertz CT molecular complexity index is 820. The highest BCUT2D eigenvalue weighted by Crippen LogP contribution is 2.35. The van der Waals surface area contributed by atoms with Crippen molar-refractivity contribution < 1.29 is 22.7 Å².